The fourth-order valence-electron chi connectivity index (χ4n) is 1.90. The van der Waals surface area contributed by atoms with E-state index in [0.29, 0.717) is 12.2 Å². The Balaban J connectivity index is 2.15. The Bertz CT molecular complexity index is 605. The molecule has 1 aromatic rings. The molecule has 5 nitrogen and oxygen atoms in total. The van der Waals surface area contributed by atoms with Crippen molar-refractivity contribution in [1.82, 2.24) is 4.72 Å². The standard InChI is InChI=1S/C13H15NO4S2/c15-12(16)13(7-8-19-10-13)14-20(17,18)9-6-11-4-2-1-3-5-11/h1-6,9,14H,7-8,10H2,(H,15,16). The molecule has 0 aliphatic carbocycles. The van der Waals surface area contributed by atoms with E-state index in [1.54, 1.807) is 24.3 Å². The first kappa shape index (κ1) is 15.1. The number of carboxylic acid groups (broad SMARTS) is 1. The van der Waals surface area contributed by atoms with Gasteiger partial charge in [0.2, 0.25) is 10.0 Å². The highest BCUT2D eigenvalue weighted by molar-refractivity contribution is 7.99. The number of carboxylic acids is 1. The van der Waals surface area contributed by atoms with Gasteiger partial charge in [0.15, 0.2) is 0 Å². The van der Waals surface area contributed by atoms with Crippen LogP contribution in [-0.4, -0.2) is 36.5 Å². The molecule has 0 amide bonds. The van der Waals surface area contributed by atoms with Crippen molar-refractivity contribution >= 4 is 33.8 Å². The fraction of sp³-hybridized carbons (Fsp3) is 0.308. The van der Waals surface area contributed by atoms with E-state index < -0.39 is 21.5 Å². The molecular formula is C13H15NO4S2. The first-order valence-corrected chi connectivity index (χ1v) is 8.72. The molecule has 20 heavy (non-hydrogen) atoms. The second-order valence-electron chi connectivity index (χ2n) is 4.55. The summed E-state index contributed by atoms with van der Waals surface area (Å²) >= 11 is 1.43. The van der Waals surface area contributed by atoms with Crippen LogP contribution in [0.2, 0.25) is 0 Å². The Labute approximate surface area is 122 Å². The van der Waals surface area contributed by atoms with Crippen molar-refractivity contribution in [3.05, 3.63) is 41.3 Å². The molecule has 0 radical (unpaired) electrons. The third-order valence-corrected chi connectivity index (χ3v) is 5.37. The van der Waals surface area contributed by atoms with E-state index in [9.17, 15) is 18.3 Å². The Morgan fingerprint density at radius 1 is 1.35 bits per heavy atom. The molecule has 1 aliphatic heterocycles. The van der Waals surface area contributed by atoms with Crippen LogP contribution < -0.4 is 4.72 Å². The summed E-state index contributed by atoms with van der Waals surface area (Å²) in [5.41, 5.74) is -0.645. The average Bonchev–Trinajstić information content (AvgIpc) is 2.87. The van der Waals surface area contributed by atoms with Gasteiger partial charge in [0.05, 0.1) is 0 Å². The van der Waals surface area contributed by atoms with Crippen LogP contribution in [0.25, 0.3) is 6.08 Å². The molecule has 0 bridgehead atoms. The predicted octanol–water partition coefficient (Wildman–Crippen LogP) is 1.54. The van der Waals surface area contributed by atoms with Gasteiger partial charge in [-0.05, 0) is 23.8 Å². The lowest BCUT2D eigenvalue weighted by molar-refractivity contribution is -0.142. The molecule has 0 saturated carbocycles. The van der Waals surface area contributed by atoms with Crippen LogP contribution in [0.15, 0.2) is 35.7 Å². The zero-order valence-electron chi connectivity index (χ0n) is 10.7. The van der Waals surface area contributed by atoms with Gasteiger partial charge < -0.3 is 5.11 Å². The Kier molecular flexibility index (Phi) is 4.52. The normalized spacial score (nSPS) is 23.2. The van der Waals surface area contributed by atoms with E-state index in [2.05, 4.69) is 4.72 Å². The van der Waals surface area contributed by atoms with E-state index in [0.717, 1.165) is 11.0 Å². The van der Waals surface area contributed by atoms with Gasteiger partial charge >= 0.3 is 5.97 Å². The second kappa shape index (κ2) is 5.99. The average molecular weight is 313 g/mol. The van der Waals surface area contributed by atoms with E-state index in [1.807, 2.05) is 6.07 Å². The summed E-state index contributed by atoms with van der Waals surface area (Å²) in [6, 6.07) is 8.96. The molecule has 1 atom stereocenters. The van der Waals surface area contributed by atoms with E-state index >= 15 is 0 Å². The fourth-order valence-corrected chi connectivity index (χ4v) is 4.52. The number of rotatable bonds is 5. The SMILES string of the molecule is O=C(O)C1(NS(=O)(=O)C=Cc2ccccc2)CCSC1. The van der Waals surface area contributed by atoms with Crippen LogP contribution in [0.5, 0.6) is 0 Å². The molecule has 0 aromatic heterocycles. The van der Waals surface area contributed by atoms with Crippen molar-refractivity contribution in [2.75, 3.05) is 11.5 Å². The van der Waals surface area contributed by atoms with Gasteiger partial charge in [0, 0.05) is 11.2 Å². The molecule has 1 aromatic carbocycles. The zero-order chi connectivity index (χ0) is 14.6. The van der Waals surface area contributed by atoms with Gasteiger partial charge in [-0.1, -0.05) is 30.3 Å². The summed E-state index contributed by atoms with van der Waals surface area (Å²) < 4.78 is 26.3. The van der Waals surface area contributed by atoms with Crippen molar-refractivity contribution in [1.29, 1.82) is 0 Å². The van der Waals surface area contributed by atoms with Gasteiger partial charge in [0.25, 0.3) is 0 Å². The van der Waals surface area contributed by atoms with Crippen LogP contribution in [-0.2, 0) is 14.8 Å². The molecule has 1 fully saturated rings. The van der Waals surface area contributed by atoms with Gasteiger partial charge in [0.1, 0.15) is 5.54 Å². The maximum Gasteiger partial charge on any atom is 0.325 e. The molecule has 2 rings (SSSR count). The summed E-state index contributed by atoms with van der Waals surface area (Å²) in [5, 5.41) is 10.3. The van der Waals surface area contributed by atoms with Crippen molar-refractivity contribution < 1.29 is 18.3 Å². The largest absolute Gasteiger partial charge is 0.480 e. The molecule has 0 spiro atoms. The minimum atomic E-state index is -3.79. The Morgan fingerprint density at radius 2 is 2.05 bits per heavy atom. The molecule has 2 N–H and O–H groups in total. The highest BCUT2D eigenvalue weighted by Crippen LogP contribution is 2.29. The van der Waals surface area contributed by atoms with Gasteiger partial charge in [-0.3, -0.25) is 4.79 Å². The summed E-state index contributed by atoms with van der Waals surface area (Å²) in [7, 11) is -3.79. The zero-order valence-corrected chi connectivity index (χ0v) is 12.3. The van der Waals surface area contributed by atoms with Crippen LogP contribution in [0.3, 0.4) is 0 Å². The molecular weight excluding hydrogens is 298 g/mol. The van der Waals surface area contributed by atoms with Crippen LogP contribution >= 0.6 is 11.8 Å². The first-order chi connectivity index (χ1) is 9.44. The minimum absolute atomic E-state index is 0.251. The molecule has 1 aliphatic rings. The van der Waals surface area contributed by atoms with Gasteiger partial charge in [-0.2, -0.15) is 16.5 Å². The van der Waals surface area contributed by atoms with Gasteiger partial charge in [-0.15, -0.1) is 0 Å². The summed E-state index contributed by atoms with van der Waals surface area (Å²) in [6.07, 6.45) is 1.74. The molecule has 7 heteroatoms. The number of hydrogen-bond acceptors (Lipinski definition) is 4. The molecule has 1 unspecified atom stereocenters. The summed E-state index contributed by atoms with van der Waals surface area (Å²) in [5.74, 6) is -0.239. The Hall–Kier alpha value is -1.31. The predicted molar refractivity (Wildman–Crippen MR) is 79.8 cm³/mol. The van der Waals surface area contributed by atoms with Crippen molar-refractivity contribution in [3.63, 3.8) is 0 Å². The lowest BCUT2D eigenvalue weighted by atomic mass is 10.0. The number of sulfonamides is 1. The highest BCUT2D eigenvalue weighted by Gasteiger charge is 2.44. The number of hydrogen-bond donors (Lipinski definition) is 2. The summed E-state index contributed by atoms with van der Waals surface area (Å²) in [6.45, 7) is 0. The minimum Gasteiger partial charge on any atom is -0.480 e. The smallest absolute Gasteiger partial charge is 0.325 e. The topological polar surface area (TPSA) is 83.5 Å². The highest BCUT2D eigenvalue weighted by atomic mass is 32.2. The van der Waals surface area contributed by atoms with Crippen molar-refractivity contribution in [2.24, 2.45) is 0 Å². The lowest BCUT2D eigenvalue weighted by Gasteiger charge is -2.23. The summed E-state index contributed by atoms with van der Waals surface area (Å²) in [4.78, 5) is 11.3. The number of thioether (sulfide) groups is 1. The second-order valence-corrected chi connectivity index (χ2v) is 7.22. The number of carbonyl (C=O) groups is 1. The lowest BCUT2D eigenvalue weighted by Crippen LogP contribution is -2.54. The number of benzene rings is 1. The van der Waals surface area contributed by atoms with Crippen LogP contribution in [0.1, 0.15) is 12.0 Å². The quantitative estimate of drug-likeness (QED) is 0.861. The first-order valence-electron chi connectivity index (χ1n) is 6.02. The molecule has 1 heterocycles. The van der Waals surface area contributed by atoms with Crippen molar-refractivity contribution in [2.45, 2.75) is 12.0 Å². The maximum atomic E-state index is 12.0. The van der Waals surface area contributed by atoms with E-state index in [1.165, 1.54) is 17.8 Å². The van der Waals surface area contributed by atoms with E-state index in [4.69, 9.17) is 0 Å². The third kappa shape index (κ3) is 3.62. The monoisotopic (exact) mass is 313 g/mol. The number of aliphatic carboxylic acids is 1. The van der Waals surface area contributed by atoms with Crippen molar-refractivity contribution in [3.8, 4) is 0 Å². The number of nitrogens with one attached hydrogen (secondary N) is 1. The van der Waals surface area contributed by atoms with Gasteiger partial charge in [-0.25, -0.2) is 8.42 Å². The third-order valence-electron chi connectivity index (χ3n) is 3.01. The van der Waals surface area contributed by atoms with E-state index in [-0.39, 0.29) is 5.75 Å². The van der Waals surface area contributed by atoms with Crippen LogP contribution in [0.4, 0.5) is 0 Å². The van der Waals surface area contributed by atoms with Crippen LogP contribution in [0, 0.1) is 0 Å². The molecule has 108 valence electrons. The maximum absolute atomic E-state index is 12.0. The molecule has 1 saturated heterocycles. The Morgan fingerprint density at radius 3 is 2.60 bits per heavy atom.